The highest BCUT2D eigenvalue weighted by Crippen LogP contribution is 2.31. The fraction of sp³-hybridized carbons (Fsp3) is 0.235. The molecule has 13 aromatic rings. The standard InChI is InChI=1S/C22H28N2O3.C20H20N4O3.C20H20N2O4.C19H19N3O3S.C17H18N2O4/c1-14(2)19(15-6-8-17(9-7-15)21(26)24-27)23-20(25)16-10-12-18(13-11-16)22(3,4)5;1-12(2)18(13-7-9-14(10-8-13)19(25)24-27)23-20(26)17-11-21-15-5-3-4-6-16(15)22-17;1-12(2)18(13-3-5-14(6-4-13)20(24)22-25)21-19(23)16-7-8-17-15(11-16)9-10-26-17;1-11(2)16(12-7-9-13(10-8-12)17(23)22-25)21-18(24)19-20-14-5-3-4-6-15(14)26-19;1-11(13-4-3-5-14(10-13)17(21)19-22)18-16(20)12-6-8-15(23-2)9-7-12/h6-14,19,27H,1-5H3,(H,23,25)(H,24,26);3-12,18,27H,1-2H3,(H,23,26)(H,24,25);3-12,18,25H,1-2H3,(H,21,23)(H,22,24);3-11,16,25H,1-2H3,(H,21,24)(H,22,23);3-11,22H,1-2H3,(H,18,20)(H,19,21)/t;;;;11-/m....1/s1. The van der Waals surface area contributed by atoms with Gasteiger partial charge in [-0.25, -0.2) is 37.4 Å². The molecule has 0 saturated heterocycles. The zero-order chi connectivity index (χ0) is 93.8. The molecule has 3 heterocycles. The highest BCUT2D eigenvalue weighted by Gasteiger charge is 2.27. The van der Waals surface area contributed by atoms with E-state index < -0.39 is 29.5 Å². The molecule has 0 radical (unpaired) electrons. The Hall–Kier alpha value is -14.7. The number of aromatic nitrogens is 3. The molecule has 0 aliphatic carbocycles. The minimum Gasteiger partial charge on any atom is -0.497 e. The summed E-state index contributed by atoms with van der Waals surface area (Å²) in [6.45, 7) is 24.3. The minimum atomic E-state index is -0.597. The molecule has 10 aromatic carbocycles. The van der Waals surface area contributed by atoms with Crippen molar-refractivity contribution in [2.75, 3.05) is 7.11 Å². The Labute approximate surface area is 749 Å². The number of furan rings is 1. The van der Waals surface area contributed by atoms with Gasteiger partial charge in [0, 0.05) is 49.9 Å². The molecule has 13 rings (SSSR count). The number of hydrogen-bond donors (Lipinski definition) is 15. The second-order valence-electron chi connectivity index (χ2n) is 32.3. The second kappa shape index (κ2) is 46.5. The van der Waals surface area contributed by atoms with Crippen molar-refractivity contribution in [2.24, 2.45) is 23.7 Å². The molecule has 31 heteroatoms. The number of rotatable bonds is 25. The van der Waals surface area contributed by atoms with E-state index in [1.54, 1.807) is 205 Å². The first-order valence-electron chi connectivity index (χ1n) is 41.2. The van der Waals surface area contributed by atoms with Gasteiger partial charge in [-0.1, -0.05) is 173 Å². The van der Waals surface area contributed by atoms with E-state index >= 15 is 0 Å². The number of nitrogens with one attached hydrogen (secondary N) is 10. The van der Waals surface area contributed by atoms with Gasteiger partial charge in [-0.2, -0.15) is 0 Å². The van der Waals surface area contributed by atoms with Crippen molar-refractivity contribution in [3.63, 3.8) is 0 Å². The highest BCUT2D eigenvalue weighted by atomic mass is 32.1. The topological polar surface area (TPSA) is 453 Å². The maximum atomic E-state index is 12.7. The molecule has 670 valence electrons. The van der Waals surface area contributed by atoms with Gasteiger partial charge in [-0.3, -0.25) is 79.0 Å². The first-order chi connectivity index (χ1) is 61.6. The third kappa shape index (κ3) is 27.2. The average molecular weight is 1770 g/mol. The summed E-state index contributed by atoms with van der Waals surface area (Å²) in [4.78, 5) is 133. The molecule has 0 aliphatic heterocycles. The number of amides is 10. The molecule has 0 bridgehead atoms. The summed E-state index contributed by atoms with van der Waals surface area (Å²) in [5.41, 5.74) is 20.0. The fourth-order valence-electron chi connectivity index (χ4n) is 13.4. The molecule has 5 atom stereocenters. The normalized spacial score (nSPS) is 12.1. The molecule has 0 fully saturated rings. The van der Waals surface area contributed by atoms with Gasteiger partial charge in [-0.15, -0.1) is 11.3 Å². The van der Waals surface area contributed by atoms with E-state index in [0.717, 1.165) is 54.5 Å². The lowest BCUT2D eigenvalue weighted by Gasteiger charge is -2.24. The average Bonchev–Trinajstić information content (AvgIpc) is 1.77. The van der Waals surface area contributed by atoms with Crippen LogP contribution >= 0.6 is 11.3 Å². The van der Waals surface area contributed by atoms with Crippen molar-refractivity contribution in [3.05, 3.63) is 344 Å². The van der Waals surface area contributed by atoms with E-state index in [-0.39, 0.29) is 94.5 Å². The summed E-state index contributed by atoms with van der Waals surface area (Å²) in [6, 6.07) is 69.1. The number of hydrogen-bond acceptors (Lipinski definition) is 21. The van der Waals surface area contributed by atoms with Crippen molar-refractivity contribution in [3.8, 4) is 5.75 Å². The molecule has 129 heavy (non-hydrogen) atoms. The maximum Gasteiger partial charge on any atom is 0.280 e. The van der Waals surface area contributed by atoms with Crippen LogP contribution in [-0.4, -0.2) is 107 Å². The summed E-state index contributed by atoms with van der Waals surface area (Å²) >= 11 is 1.36. The summed E-state index contributed by atoms with van der Waals surface area (Å²) in [6.07, 6.45) is 3.05. The second-order valence-corrected chi connectivity index (χ2v) is 33.3. The zero-order valence-electron chi connectivity index (χ0n) is 73.3. The van der Waals surface area contributed by atoms with Crippen molar-refractivity contribution in [1.29, 1.82) is 0 Å². The molecule has 4 unspecified atom stereocenters. The molecule has 0 spiro atoms. The minimum absolute atomic E-state index is 0.0398. The Morgan fingerprint density at radius 3 is 1.14 bits per heavy atom. The van der Waals surface area contributed by atoms with Gasteiger partial charge in [-0.05, 0) is 215 Å². The predicted octanol–water partition coefficient (Wildman–Crippen LogP) is 16.6. The first-order valence-corrected chi connectivity index (χ1v) is 42.0. The van der Waals surface area contributed by atoms with Crippen LogP contribution in [0.5, 0.6) is 5.75 Å². The Kier molecular flexibility index (Phi) is 35.3. The number of fused-ring (bicyclic) bond motifs is 3. The number of para-hydroxylation sites is 3. The lowest BCUT2D eigenvalue weighted by Crippen LogP contribution is -2.32. The SMILES string of the molecule is CC(C)C(NC(=O)c1ccc(C(C)(C)C)cc1)c1ccc(C(=O)NO)cc1.CC(C)C(NC(=O)c1ccc2occc2c1)c1ccc(C(=O)NO)cc1.CC(C)C(NC(=O)c1cnc2ccccc2n1)c1ccc(C(=O)NO)cc1.CC(C)C(NC(=O)c1nc2ccccc2s1)c1ccc(C(=O)NO)cc1.COc1ccc(C(=O)N[C@H](C)c2cccc(C(=O)NO)c2)cc1. The number of nitrogens with zero attached hydrogens (tertiary/aromatic N) is 3. The molecule has 30 nitrogen and oxygen atoms in total. The Morgan fingerprint density at radius 2 is 0.713 bits per heavy atom. The zero-order valence-corrected chi connectivity index (χ0v) is 74.1. The van der Waals surface area contributed by atoms with Crippen LogP contribution in [0.2, 0.25) is 0 Å². The summed E-state index contributed by atoms with van der Waals surface area (Å²) in [5.74, 6) is -2.72. The van der Waals surface area contributed by atoms with Gasteiger partial charge in [0.05, 0.1) is 71.0 Å². The Balaban J connectivity index is 0.000000182. The lowest BCUT2D eigenvalue weighted by atomic mass is 9.86. The number of carbonyl (C=O) groups excluding carboxylic acids is 10. The lowest BCUT2D eigenvalue weighted by molar-refractivity contribution is 0.0702. The van der Waals surface area contributed by atoms with Crippen molar-refractivity contribution in [2.45, 2.75) is 119 Å². The van der Waals surface area contributed by atoms with E-state index in [0.29, 0.717) is 60.8 Å². The molecular weight excluding hydrogens is 1660 g/mol. The molecule has 15 N–H and O–H groups in total. The molecule has 0 aliphatic rings. The summed E-state index contributed by atoms with van der Waals surface area (Å²) < 4.78 is 11.3. The maximum absolute atomic E-state index is 12.7. The van der Waals surface area contributed by atoms with Crippen molar-refractivity contribution >= 4 is 103 Å². The van der Waals surface area contributed by atoms with Gasteiger partial charge < -0.3 is 35.7 Å². The monoisotopic (exact) mass is 1770 g/mol. The fourth-order valence-corrected chi connectivity index (χ4v) is 14.3. The van der Waals surface area contributed by atoms with Crippen molar-refractivity contribution < 1.29 is 83.1 Å². The third-order valence-corrected chi connectivity index (χ3v) is 21.7. The molecular formula is C98H105N13O17S. The van der Waals surface area contributed by atoms with Gasteiger partial charge in [0.2, 0.25) is 0 Å². The van der Waals surface area contributed by atoms with Crippen LogP contribution in [0.1, 0.15) is 250 Å². The van der Waals surface area contributed by atoms with E-state index in [1.165, 1.54) is 23.1 Å². The van der Waals surface area contributed by atoms with Crippen LogP contribution in [-0.2, 0) is 5.41 Å². The summed E-state index contributed by atoms with van der Waals surface area (Å²) in [5, 5.41) is 59.8. The molecule has 10 amide bonds. The third-order valence-electron chi connectivity index (χ3n) is 20.7. The van der Waals surface area contributed by atoms with Crippen LogP contribution < -0.4 is 58.7 Å². The van der Waals surface area contributed by atoms with Crippen LogP contribution in [0.15, 0.2) is 260 Å². The predicted molar refractivity (Wildman–Crippen MR) is 488 cm³/mol. The first kappa shape index (κ1) is 98.1. The number of benzene rings is 10. The van der Waals surface area contributed by atoms with Gasteiger partial charge in [0.25, 0.3) is 59.1 Å². The van der Waals surface area contributed by atoms with E-state index in [1.807, 2.05) is 141 Å². The van der Waals surface area contributed by atoms with E-state index in [4.69, 9.17) is 35.2 Å². The smallest absolute Gasteiger partial charge is 0.280 e. The van der Waals surface area contributed by atoms with Gasteiger partial charge >= 0.3 is 0 Å². The number of methoxy groups -OCH3 is 1. The quantitative estimate of drug-likeness (QED) is 0.0187. The molecule has 3 aromatic heterocycles. The summed E-state index contributed by atoms with van der Waals surface area (Å²) in [7, 11) is 1.56. The highest BCUT2D eigenvalue weighted by molar-refractivity contribution is 7.20. The van der Waals surface area contributed by atoms with Crippen LogP contribution in [0.25, 0.3) is 32.2 Å². The van der Waals surface area contributed by atoms with Crippen LogP contribution in [0.4, 0.5) is 0 Å². The number of hydroxylamine groups is 5. The van der Waals surface area contributed by atoms with Crippen LogP contribution in [0, 0.1) is 23.7 Å². The largest absolute Gasteiger partial charge is 0.497 e. The number of carbonyl (C=O) groups is 10. The van der Waals surface area contributed by atoms with Crippen molar-refractivity contribution in [1.82, 2.24) is 68.9 Å². The van der Waals surface area contributed by atoms with Gasteiger partial charge in [0.1, 0.15) is 17.0 Å². The number of thiazole rings is 1. The van der Waals surface area contributed by atoms with Crippen LogP contribution in [0.3, 0.4) is 0 Å². The Bertz CT molecular complexity index is 5910. The Morgan fingerprint density at radius 1 is 0.349 bits per heavy atom. The number of ether oxygens (including phenoxy) is 1. The molecule has 0 saturated carbocycles. The van der Waals surface area contributed by atoms with E-state index in [9.17, 15) is 47.9 Å². The van der Waals surface area contributed by atoms with E-state index in [2.05, 4.69) is 62.3 Å². The van der Waals surface area contributed by atoms with Gasteiger partial charge in [0.15, 0.2) is 5.01 Å².